The van der Waals surface area contributed by atoms with Crippen LogP contribution in [0.15, 0.2) is 42.5 Å². The number of nitrogens with zero attached hydrogens (tertiary/aromatic N) is 3. The fourth-order valence-corrected chi connectivity index (χ4v) is 2.65. The summed E-state index contributed by atoms with van der Waals surface area (Å²) >= 11 is 0. The third kappa shape index (κ3) is 4.52. The minimum Gasteiger partial charge on any atom is -0.462 e. The Morgan fingerprint density at radius 3 is 2.17 bits per heavy atom. The number of ether oxygens (including phenoxy) is 2. The quantitative estimate of drug-likeness (QED) is 0.354. The highest BCUT2D eigenvalue weighted by Crippen LogP contribution is 2.20. The van der Waals surface area contributed by atoms with Crippen molar-refractivity contribution in [2.75, 3.05) is 6.61 Å². The van der Waals surface area contributed by atoms with Crippen LogP contribution in [0, 0.1) is 17.0 Å². The number of fused-ring (bicyclic) bond motifs is 1. The van der Waals surface area contributed by atoms with Crippen LogP contribution in [-0.4, -0.2) is 33.4 Å². The van der Waals surface area contributed by atoms with Crippen LogP contribution in [0.5, 0.6) is 0 Å². The minimum atomic E-state index is -0.825. The van der Waals surface area contributed by atoms with Gasteiger partial charge in [-0.25, -0.2) is 19.6 Å². The monoisotopic (exact) mass is 395 g/mol. The molecule has 29 heavy (non-hydrogen) atoms. The Balaban J connectivity index is 1.84. The van der Waals surface area contributed by atoms with E-state index in [1.807, 2.05) is 18.2 Å². The van der Waals surface area contributed by atoms with Crippen LogP contribution in [0.4, 0.5) is 5.69 Å². The average molecular weight is 395 g/mol. The van der Waals surface area contributed by atoms with Crippen LogP contribution in [0.3, 0.4) is 0 Å². The van der Waals surface area contributed by atoms with Crippen molar-refractivity contribution in [2.24, 2.45) is 0 Å². The average Bonchev–Trinajstić information content (AvgIpc) is 2.71. The van der Waals surface area contributed by atoms with Crippen molar-refractivity contribution >= 4 is 28.7 Å². The van der Waals surface area contributed by atoms with Gasteiger partial charge in [0.2, 0.25) is 0 Å². The molecule has 0 amide bonds. The second-order valence-corrected chi connectivity index (χ2v) is 6.07. The summed E-state index contributed by atoms with van der Waals surface area (Å²) in [6, 6.07) is 10.6. The van der Waals surface area contributed by atoms with Crippen molar-refractivity contribution in [3.8, 4) is 0 Å². The van der Waals surface area contributed by atoms with Gasteiger partial charge in [-0.15, -0.1) is 0 Å². The zero-order valence-electron chi connectivity index (χ0n) is 15.7. The van der Waals surface area contributed by atoms with Crippen LogP contribution in [0.1, 0.15) is 39.0 Å². The molecule has 148 valence electrons. The second-order valence-electron chi connectivity index (χ2n) is 6.07. The van der Waals surface area contributed by atoms with Crippen LogP contribution in [-0.2, 0) is 16.1 Å². The molecule has 0 saturated carbocycles. The highest BCUT2D eigenvalue weighted by molar-refractivity contribution is 5.96. The molecule has 0 atom stereocenters. The van der Waals surface area contributed by atoms with E-state index in [-0.39, 0.29) is 24.3 Å². The lowest BCUT2D eigenvalue weighted by Crippen LogP contribution is -2.11. The van der Waals surface area contributed by atoms with Crippen molar-refractivity contribution in [3.05, 3.63) is 75.1 Å². The second kappa shape index (κ2) is 8.42. The minimum absolute atomic E-state index is 0.0984. The Bertz CT molecular complexity index is 1110. The number of non-ortho nitro benzene ring substituents is 1. The van der Waals surface area contributed by atoms with E-state index in [9.17, 15) is 19.7 Å². The number of nitro groups is 1. The van der Waals surface area contributed by atoms with Gasteiger partial charge in [-0.1, -0.05) is 12.1 Å². The summed E-state index contributed by atoms with van der Waals surface area (Å²) in [6.07, 6.45) is 0. The first-order valence-corrected chi connectivity index (χ1v) is 8.75. The largest absolute Gasteiger partial charge is 0.462 e. The van der Waals surface area contributed by atoms with Crippen molar-refractivity contribution in [1.29, 1.82) is 0 Å². The lowest BCUT2D eigenvalue weighted by molar-refractivity contribution is -0.384. The zero-order valence-corrected chi connectivity index (χ0v) is 15.7. The molecule has 0 aliphatic rings. The maximum Gasteiger partial charge on any atom is 0.338 e. The van der Waals surface area contributed by atoms with Gasteiger partial charge < -0.3 is 9.47 Å². The lowest BCUT2D eigenvalue weighted by Gasteiger charge is -2.09. The maximum absolute atomic E-state index is 12.5. The van der Waals surface area contributed by atoms with E-state index in [2.05, 4.69) is 9.97 Å². The van der Waals surface area contributed by atoms with E-state index < -0.39 is 22.5 Å². The highest BCUT2D eigenvalue weighted by Gasteiger charge is 2.20. The third-order valence-corrected chi connectivity index (χ3v) is 4.06. The Kier molecular flexibility index (Phi) is 5.77. The molecule has 0 unspecified atom stereocenters. The Hall–Kier alpha value is -3.88. The van der Waals surface area contributed by atoms with Gasteiger partial charge in [-0.3, -0.25) is 10.1 Å². The molecule has 2 aromatic carbocycles. The zero-order chi connectivity index (χ0) is 21.0. The van der Waals surface area contributed by atoms with Gasteiger partial charge in [0.25, 0.3) is 5.69 Å². The topological polar surface area (TPSA) is 122 Å². The lowest BCUT2D eigenvalue weighted by atomic mass is 10.1. The van der Waals surface area contributed by atoms with Gasteiger partial charge in [-0.05, 0) is 32.0 Å². The van der Waals surface area contributed by atoms with Gasteiger partial charge in [0.05, 0.1) is 45.1 Å². The Labute approximate surface area is 165 Å². The van der Waals surface area contributed by atoms with E-state index in [0.29, 0.717) is 16.9 Å². The molecule has 0 bridgehead atoms. The number of esters is 2. The van der Waals surface area contributed by atoms with Gasteiger partial charge in [0.15, 0.2) is 0 Å². The third-order valence-electron chi connectivity index (χ3n) is 4.06. The Morgan fingerprint density at radius 2 is 1.59 bits per heavy atom. The van der Waals surface area contributed by atoms with Gasteiger partial charge in [0, 0.05) is 12.1 Å². The van der Waals surface area contributed by atoms with Crippen LogP contribution in [0.25, 0.3) is 11.0 Å². The maximum atomic E-state index is 12.5. The molecule has 0 saturated heterocycles. The summed E-state index contributed by atoms with van der Waals surface area (Å²) in [5, 5.41) is 11.1. The highest BCUT2D eigenvalue weighted by atomic mass is 16.6. The van der Waals surface area contributed by atoms with Crippen LogP contribution < -0.4 is 0 Å². The molecule has 9 heteroatoms. The number of carbonyl (C=O) groups excluding carboxylic acids is 2. The number of hydrogen-bond donors (Lipinski definition) is 0. The summed E-state index contributed by atoms with van der Waals surface area (Å²) in [6.45, 7) is 3.29. The van der Waals surface area contributed by atoms with Crippen LogP contribution >= 0.6 is 0 Å². The number of aryl methyl sites for hydroxylation is 1. The molecule has 9 nitrogen and oxygen atoms in total. The number of benzene rings is 2. The molecule has 0 N–H and O–H groups in total. The first kappa shape index (κ1) is 19.9. The van der Waals surface area contributed by atoms with Gasteiger partial charge in [-0.2, -0.15) is 0 Å². The summed E-state index contributed by atoms with van der Waals surface area (Å²) in [5.74, 6) is -1.59. The normalized spacial score (nSPS) is 10.6. The van der Waals surface area contributed by atoms with Crippen LogP contribution in [0.2, 0.25) is 0 Å². The van der Waals surface area contributed by atoms with E-state index in [1.54, 1.807) is 19.9 Å². The van der Waals surface area contributed by atoms with Crippen molar-refractivity contribution in [1.82, 2.24) is 9.97 Å². The summed E-state index contributed by atoms with van der Waals surface area (Å²) in [7, 11) is 0. The molecule has 0 fully saturated rings. The van der Waals surface area contributed by atoms with Crippen molar-refractivity contribution in [3.63, 3.8) is 0 Å². The Morgan fingerprint density at radius 1 is 1.00 bits per heavy atom. The van der Waals surface area contributed by atoms with Gasteiger partial charge >= 0.3 is 11.9 Å². The number of hydrogen-bond acceptors (Lipinski definition) is 8. The number of carbonyl (C=O) groups is 2. The van der Waals surface area contributed by atoms with E-state index in [4.69, 9.17) is 9.47 Å². The molecule has 0 radical (unpaired) electrons. The van der Waals surface area contributed by atoms with E-state index >= 15 is 0 Å². The molecule has 1 heterocycles. The predicted octanol–water partition coefficient (Wildman–Crippen LogP) is 3.38. The first-order valence-electron chi connectivity index (χ1n) is 8.75. The summed E-state index contributed by atoms with van der Waals surface area (Å²) < 4.78 is 10.1. The number of nitro benzene ring substituents is 1. The SMILES string of the molecule is CCOC(=O)c1cc(C(=O)OCc2nc3ccccc3nc2C)cc([N+](=O)[O-])c1. The van der Waals surface area contributed by atoms with Gasteiger partial charge in [0.1, 0.15) is 6.61 Å². The standard InChI is InChI=1S/C20H17N3O6/c1-3-28-19(24)13-8-14(10-15(9-13)23(26)27)20(25)29-11-18-12(2)21-16-6-4-5-7-17(16)22-18/h4-10H,3,11H2,1-2H3. The van der Waals surface area contributed by atoms with E-state index in [1.165, 1.54) is 6.07 Å². The first-order chi connectivity index (χ1) is 13.9. The molecule has 1 aromatic heterocycles. The number of para-hydroxylation sites is 2. The summed E-state index contributed by atoms with van der Waals surface area (Å²) in [5.41, 5.74) is 1.80. The molecule has 0 spiro atoms. The molecule has 3 rings (SSSR count). The summed E-state index contributed by atoms with van der Waals surface area (Å²) in [4.78, 5) is 43.7. The predicted molar refractivity (Wildman–Crippen MR) is 102 cm³/mol. The van der Waals surface area contributed by atoms with Crippen molar-refractivity contribution in [2.45, 2.75) is 20.5 Å². The van der Waals surface area contributed by atoms with E-state index in [0.717, 1.165) is 17.6 Å². The number of rotatable bonds is 6. The van der Waals surface area contributed by atoms with Crippen molar-refractivity contribution < 1.29 is 24.0 Å². The molecular weight excluding hydrogens is 378 g/mol. The molecule has 3 aromatic rings. The molecule has 0 aliphatic carbocycles. The fraction of sp³-hybridized carbons (Fsp3) is 0.200. The molecule has 0 aliphatic heterocycles. The molecular formula is C20H17N3O6. The smallest absolute Gasteiger partial charge is 0.338 e. The fourth-order valence-electron chi connectivity index (χ4n) is 2.65. The number of aromatic nitrogens is 2.